The van der Waals surface area contributed by atoms with E-state index in [0.29, 0.717) is 25.3 Å². The summed E-state index contributed by atoms with van der Waals surface area (Å²) in [7, 11) is 1.96. The molecule has 0 bridgehead atoms. The second-order valence-corrected chi connectivity index (χ2v) is 9.00. The molecule has 166 valence electrons. The minimum absolute atomic E-state index is 0.0860. The number of rotatable bonds is 5. The van der Waals surface area contributed by atoms with E-state index in [-0.39, 0.29) is 11.9 Å². The molecule has 2 aliphatic carbocycles. The van der Waals surface area contributed by atoms with Gasteiger partial charge in [-0.15, -0.1) is 0 Å². The molecule has 1 saturated heterocycles. The summed E-state index contributed by atoms with van der Waals surface area (Å²) in [5.41, 5.74) is 3.40. The van der Waals surface area contributed by atoms with Crippen LogP contribution in [0.1, 0.15) is 39.9 Å². The predicted octanol–water partition coefficient (Wildman–Crippen LogP) is 2.18. The first-order chi connectivity index (χ1) is 15.4. The number of aryl methyl sites for hydroxylation is 1. The number of carbonyl (C=O) groups excluding carboxylic acids is 1. The third-order valence-corrected chi connectivity index (χ3v) is 6.96. The van der Waals surface area contributed by atoms with E-state index < -0.39 is 17.8 Å². The van der Waals surface area contributed by atoms with Gasteiger partial charge < -0.3 is 19.4 Å². The SMILES string of the molecule is Cn1cnc2c1CC[C@H]2NC(=O)c1cn(Cc2ccc(N3CC4C(C3)C4(F)F)nc2)cn1. The van der Waals surface area contributed by atoms with Crippen molar-refractivity contribution in [1.29, 1.82) is 0 Å². The number of fused-ring (bicyclic) bond motifs is 2. The second kappa shape index (κ2) is 6.85. The number of aromatic nitrogens is 5. The van der Waals surface area contributed by atoms with Crippen molar-refractivity contribution in [3.05, 3.63) is 59.8 Å². The highest BCUT2D eigenvalue weighted by molar-refractivity contribution is 5.92. The Kier molecular flexibility index (Phi) is 4.15. The van der Waals surface area contributed by atoms with Crippen molar-refractivity contribution in [2.45, 2.75) is 31.4 Å². The fraction of sp³-hybridized carbons (Fsp3) is 0.455. The summed E-state index contributed by atoms with van der Waals surface area (Å²) in [6.45, 7) is 1.25. The number of carbonyl (C=O) groups is 1. The van der Waals surface area contributed by atoms with Crippen molar-refractivity contribution in [3.8, 4) is 0 Å². The Hall–Kier alpha value is -3.30. The Bertz CT molecular complexity index is 1170. The topological polar surface area (TPSA) is 80.9 Å². The molecule has 8 nitrogen and oxygen atoms in total. The average molecular weight is 439 g/mol. The van der Waals surface area contributed by atoms with Gasteiger partial charge in [-0.2, -0.15) is 0 Å². The van der Waals surface area contributed by atoms with Gasteiger partial charge in [0, 0.05) is 38.2 Å². The minimum Gasteiger partial charge on any atom is -0.356 e. The molecule has 32 heavy (non-hydrogen) atoms. The third kappa shape index (κ3) is 3.08. The number of amides is 1. The third-order valence-electron chi connectivity index (χ3n) is 6.96. The van der Waals surface area contributed by atoms with Crippen LogP contribution in [0, 0.1) is 11.8 Å². The molecule has 0 radical (unpaired) electrons. The zero-order valence-electron chi connectivity index (χ0n) is 17.6. The molecule has 4 heterocycles. The van der Waals surface area contributed by atoms with Crippen molar-refractivity contribution in [1.82, 2.24) is 29.4 Å². The fourth-order valence-electron chi connectivity index (χ4n) is 5.03. The number of hydrogen-bond donors (Lipinski definition) is 1. The molecule has 3 aliphatic rings. The molecule has 1 aliphatic heterocycles. The lowest BCUT2D eigenvalue weighted by Gasteiger charge is -2.20. The van der Waals surface area contributed by atoms with Gasteiger partial charge in [-0.25, -0.2) is 23.7 Å². The molecule has 0 spiro atoms. The highest BCUT2D eigenvalue weighted by atomic mass is 19.3. The molecule has 2 fully saturated rings. The Balaban J connectivity index is 1.07. The van der Waals surface area contributed by atoms with Crippen molar-refractivity contribution >= 4 is 11.7 Å². The maximum Gasteiger partial charge on any atom is 0.272 e. The molecule has 1 amide bonds. The standard InChI is InChI=1S/C22H23F2N7O/c1-29-11-27-20-16(3-4-18(20)29)28-21(32)17-10-30(12-26-17)7-13-2-5-19(25-6-13)31-8-14-15(9-31)22(14,23)24/h2,5-6,10-12,14-16H,3-4,7-9H2,1H3,(H,28,32)/t14?,15?,16-/m1/s1. The Morgan fingerprint density at radius 3 is 2.75 bits per heavy atom. The lowest BCUT2D eigenvalue weighted by atomic mass is 10.2. The number of halogens is 2. The summed E-state index contributed by atoms with van der Waals surface area (Å²) in [5.74, 6) is -3.02. The molecule has 3 atom stereocenters. The van der Waals surface area contributed by atoms with E-state index in [1.807, 2.05) is 33.2 Å². The number of piperidine rings is 1. The van der Waals surface area contributed by atoms with Crippen LogP contribution in [0.25, 0.3) is 0 Å². The maximum atomic E-state index is 13.4. The number of hydrogen-bond acceptors (Lipinski definition) is 5. The van der Waals surface area contributed by atoms with E-state index in [0.717, 1.165) is 35.6 Å². The molecule has 3 aromatic heterocycles. The number of imidazole rings is 2. The molecule has 1 saturated carbocycles. The van der Waals surface area contributed by atoms with Crippen LogP contribution < -0.4 is 10.2 Å². The molecule has 3 aromatic rings. The molecule has 2 unspecified atom stereocenters. The van der Waals surface area contributed by atoms with Crippen molar-refractivity contribution in [3.63, 3.8) is 0 Å². The van der Waals surface area contributed by atoms with Crippen molar-refractivity contribution in [2.24, 2.45) is 18.9 Å². The van der Waals surface area contributed by atoms with Gasteiger partial charge in [-0.3, -0.25) is 4.79 Å². The van der Waals surface area contributed by atoms with Gasteiger partial charge in [0.2, 0.25) is 0 Å². The number of alkyl halides is 2. The molecule has 10 heteroatoms. The van der Waals surface area contributed by atoms with Crippen molar-refractivity contribution in [2.75, 3.05) is 18.0 Å². The summed E-state index contributed by atoms with van der Waals surface area (Å²) in [6.07, 6.45) is 8.60. The van der Waals surface area contributed by atoms with Crippen LogP contribution in [0.2, 0.25) is 0 Å². The van der Waals surface area contributed by atoms with E-state index >= 15 is 0 Å². The van der Waals surface area contributed by atoms with Gasteiger partial charge in [0.1, 0.15) is 11.5 Å². The molecular formula is C22H23F2N7O. The normalized spacial score (nSPS) is 25.0. The van der Waals surface area contributed by atoms with Crippen LogP contribution in [0.5, 0.6) is 0 Å². The quantitative estimate of drug-likeness (QED) is 0.659. The average Bonchev–Trinajstić information content (AvgIpc) is 3.41. The van der Waals surface area contributed by atoms with Gasteiger partial charge in [0.15, 0.2) is 0 Å². The minimum atomic E-state index is -2.49. The number of nitrogens with one attached hydrogen (secondary N) is 1. The van der Waals surface area contributed by atoms with E-state index in [2.05, 4.69) is 20.3 Å². The Morgan fingerprint density at radius 1 is 1.19 bits per heavy atom. The van der Waals surface area contributed by atoms with Gasteiger partial charge >= 0.3 is 0 Å². The fourth-order valence-corrected chi connectivity index (χ4v) is 5.03. The highest BCUT2D eigenvalue weighted by Crippen LogP contribution is 2.59. The van der Waals surface area contributed by atoms with Gasteiger partial charge in [0.05, 0.1) is 42.8 Å². The first kappa shape index (κ1) is 19.4. The molecule has 0 aromatic carbocycles. The van der Waals surface area contributed by atoms with Crippen LogP contribution in [-0.4, -0.2) is 49.0 Å². The van der Waals surface area contributed by atoms with Crippen LogP contribution in [-0.2, 0) is 20.0 Å². The van der Waals surface area contributed by atoms with Gasteiger partial charge in [-0.1, -0.05) is 6.07 Å². The zero-order chi connectivity index (χ0) is 22.0. The van der Waals surface area contributed by atoms with E-state index in [1.165, 1.54) is 0 Å². The monoisotopic (exact) mass is 439 g/mol. The van der Waals surface area contributed by atoms with Gasteiger partial charge in [-0.05, 0) is 24.5 Å². The lowest BCUT2D eigenvalue weighted by Crippen LogP contribution is -2.28. The molecule has 6 rings (SSSR count). The zero-order valence-corrected chi connectivity index (χ0v) is 17.6. The molecular weight excluding hydrogens is 416 g/mol. The van der Waals surface area contributed by atoms with E-state index in [4.69, 9.17) is 0 Å². The summed E-state index contributed by atoms with van der Waals surface area (Å²) in [5, 5.41) is 3.03. The van der Waals surface area contributed by atoms with Gasteiger partial charge in [0.25, 0.3) is 11.8 Å². The first-order valence-corrected chi connectivity index (χ1v) is 10.8. The number of nitrogens with zero attached hydrogens (tertiary/aromatic N) is 6. The smallest absolute Gasteiger partial charge is 0.272 e. The number of anilines is 1. The van der Waals surface area contributed by atoms with Crippen LogP contribution >= 0.6 is 0 Å². The lowest BCUT2D eigenvalue weighted by molar-refractivity contribution is 0.0796. The largest absolute Gasteiger partial charge is 0.356 e. The molecule has 1 N–H and O–H groups in total. The summed E-state index contributed by atoms with van der Waals surface area (Å²) in [6, 6.07) is 3.72. The van der Waals surface area contributed by atoms with E-state index in [1.54, 1.807) is 25.0 Å². The maximum absolute atomic E-state index is 13.4. The van der Waals surface area contributed by atoms with E-state index in [9.17, 15) is 13.6 Å². The second-order valence-electron chi connectivity index (χ2n) is 9.00. The first-order valence-electron chi connectivity index (χ1n) is 10.8. The van der Waals surface area contributed by atoms with Crippen LogP contribution in [0.15, 0.2) is 37.2 Å². The Labute approximate surface area is 183 Å². The summed E-state index contributed by atoms with van der Waals surface area (Å²) >= 11 is 0. The Morgan fingerprint density at radius 2 is 2.00 bits per heavy atom. The predicted molar refractivity (Wildman–Crippen MR) is 111 cm³/mol. The van der Waals surface area contributed by atoms with Crippen molar-refractivity contribution < 1.29 is 13.6 Å². The van der Waals surface area contributed by atoms with Crippen LogP contribution in [0.3, 0.4) is 0 Å². The number of pyridine rings is 1. The summed E-state index contributed by atoms with van der Waals surface area (Å²) in [4.78, 5) is 27.7. The van der Waals surface area contributed by atoms with Crippen LogP contribution in [0.4, 0.5) is 14.6 Å². The summed E-state index contributed by atoms with van der Waals surface area (Å²) < 4.78 is 30.6. The highest BCUT2D eigenvalue weighted by Gasteiger charge is 2.71.